The van der Waals surface area contributed by atoms with Crippen molar-refractivity contribution in [3.8, 4) is 5.75 Å². The molecule has 37 heavy (non-hydrogen) atoms. The summed E-state index contributed by atoms with van der Waals surface area (Å²) in [6.07, 6.45) is 5.71. The van der Waals surface area contributed by atoms with Crippen LogP contribution in [0.15, 0.2) is 65.8 Å². The lowest BCUT2D eigenvalue weighted by Crippen LogP contribution is -2.48. The van der Waals surface area contributed by atoms with Crippen molar-refractivity contribution in [2.24, 2.45) is 5.11 Å². The highest BCUT2D eigenvalue weighted by Gasteiger charge is 2.23. The monoisotopic (exact) mass is 507 g/mol. The van der Waals surface area contributed by atoms with E-state index in [9.17, 15) is 9.59 Å². The molecular formula is C28H37N5O4. The largest absolute Gasteiger partial charge is 0.489 e. The van der Waals surface area contributed by atoms with E-state index >= 15 is 0 Å². The van der Waals surface area contributed by atoms with Gasteiger partial charge in [0.2, 0.25) is 5.91 Å². The van der Waals surface area contributed by atoms with Crippen LogP contribution in [0.3, 0.4) is 0 Å². The summed E-state index contributed by atoms with van der Waals surface area (Å²) in [7, 11) is 0. The first-order valence-electron chi connectivity index (χ1n) is 12.5. The zero-order valence-corrected chi connectivity index (χ0v) is 21.9. The minimum absolute atomic E-state index is 0.287. The highest BCUT2D eigenvalue weighted by molar-refractivity contribution is 5.86. The van der Waals surface area contributed by atoms with Gasteiger partial charge in [0, 0.05) is 18.0 Å². The molecule has 1 atom stereocenters. The van der Waals surface area contributed by atoms with Crippen LogP contribution in [0, 0.1) is 0 Å². The van der Waals surface area contributed by atoms with Gasteiger partial charge < -0.3 is 20.1 Å². The summed E-state index contributed by atoms with van der Waals surface area (Å²) < 4.78 is 11.2. The Morgan fingerprint density at radius 3 is 2.59 bits per heavy atom. The number of carbonyl (C=O) groups is 2. The molecule has 0 unspecified atom stereocenters. The molecule has 2 amide bonds. The molecule has 9 nitrogen and oxygen atoms in total. The quantitative estimate of drug-likeness (QED) is 0.137. The lowest BCUT2D eigenvalue weighted by molar-refractivity contribution is -0.123. The Morgan fingerprint density at radius 1 is 1.08 bits per heavy atom. The number of benzene rings is 2. The summed E-state index contributed by atoms with van der Waals surface area (Å²) >= 11 is 0. The van der Waals surface area contributed by atoms with Crippen LogP contribution in [0.4, 0.5) is 4.79 Å². The molecule has 198 valence electrons. The molecule has 0 bridgehead atoms. The number of nitrogens with one attached hydrogen (secondary N) is 2. The molecule has 0 fully saturated rings. The molecule has 2 aromatic rings. The first-order chi connectivity index (χ1) is 17.8. The summed E-state index contributed by atoms with van der Waals surface area (Å²) in [6, 6.07) is 16.8. The van der Waals surface area contributed by atoms with Gasteiger partial charge in [0.05, 0.1) is 0 Å². The molecule has 0 aliphatic rings. The molecule has 0 radical (unpaired) electrons. The third-order valence-corrected chi connectivity index (χ3v) is 5.09. The maximum absolute atomic E-state index is 12.8. The second kappa shape index (κ2) is 15.9. The van der Waals surface area contributed by atoms with Gasteiger partial charge in [-0.25, -0.2) is 4.79 Å². The number of hydrogen-bond acceptors (Lipinski definition) is 5. The van der Waals surface area contributed by atoms with Crippen molar-refractivity contribution < 1.29 is 19.1 Å². The lowest BCUT2D eigenvalue weighted by Gasteiger charge is -2.23. The first-order valence-corrected chi connectivity index (χ1v) is 12.5. The minimum atomic E-state index is -0.785. The number of unbranched alkanes of at least 4 members (excludes halogenated alkanes) is 2. The van der Waals surface area contributed by atoms with Gasteiger partial charge in [0.15, 0.2) is 0 Å². The van der Waals surface area contributed by atoms with Crippen molar-refractivity contribution >= 4 is 18.1 Å². The molecule has 0 saturated heterocycles. The van der Waals surface area contributed by atoms with Crippen LogP contribution in [-0.2, 0) is 16.1 Å². The number of ether oxygens (including phenoxy) is 2. The molecule has 2 rings (SSSR count). The first kappa shape index (κ1) is 29.3. The van der Waals surface area contributed by atoms with E-state index in [1.165, 1.54) is 0 Å². The molecule has 0 heterocycles. The van der Waals surface area contributed by atoms with Crippen LogP contribution in [0.5, 0.6) is 5.75 Å². The number of nitrogens with zero attached hydrogens (tertiary/aromatic N) is 3. The zero-order valence-electron chi connectivity index (χ0n) is 21.9. The average Bonchev–Trinajstić information content (AvgIpc) is 2.86. The van der Waals surface area contributed by atoms with Gasteiger partial charge in [-0.1, -0.05) is 66.2 Å². The van der Waals surface area contributed by atoms with E-state index in [0.29, 0.717) is 19.7 Å². The van der Waals surface area contributed by atoms with Crippen molar-refractivity contribution in [1.29, 1.82) is 0 Å². The van der Waals surface area contributed by atoms with E-state index in [1.54, 1.807) is 20.8 Å². The Balaban J connectivity index is 1.94. The Morgan fingerprint density at radius 2 is 1.86 bits per heavy atom. The summed E-state index contributed by atoms with van der Waals surface area (Å²) in [5.41, 5.74) is 9.64. The highest BCUT2D eigenvalue weighted by Crippen LogP contribution is 2.17. The smallest absolute Gasteiger partial charge is 0.408 e. The highest BCUT2D eigenvalue weighted by atomic mass is 16.6. The van der Waals surface area contributed by atoms with Gasteiger partial charge in [-0.3, -0.25) is 4.79 Å². The zero-order chi connectivity index (χ0) is 26.9. The van der Waals surface area contributed by atoms with Crippen molar-refractivity contribution in [2.45, 2.75) is 64.7 Å². The van der Waals surface area contributed by atoms with E-state index in [0.717, 1.165) is 36.1 Å². The molecule has 0 aliphatic carbocycles. The van der Waals surface area contributed by atoms with E-state index in [2.05, 4.69) is 20.7 Å². The van der Waals surface area contributed by atoms with Crippen molar-refractivity contribution in [3.63, 3.8) is 0 Å². The predicted molar refractivity (Wildman–Crippen MR) is 145 cm³/mol. The van der Waals surface area contributed by atoms with E-state index < -0.39 is 17.7 Å². The van der Waals surface area contributed by atoms with Gasteiger partial charge in [0.1, 0.15) is 24.0 Å². The SMILES string of the molecule is CC(C)(C)OC(=O)N[C@@H](C/C=C/c1cccc(OCc2ccccc2)c1)C(=O)NCCCCCN=[N+]=[N-]. The van der Waals surface area contributed by atoms with Crippen LogP contribution in [0.2, 0.25) is 0 Å². The van der Waals surface area contributed by atoms with Gasteiger partial charge in [0.25, 0.3) is 0 Å². The Kier molecular flexibility index (Phi) is 12.6. The summed E-state index contributed by atoms with van der Waals surface area (Å²) in [4.78, 5) is 27.8. The third-order valence-electron chi connectivity index (χ3n) is 5.09. The van der Waals surface area contributed by atoms with Gasteiger partial charge in [-0.2, -0.15) is 0 Å². The minimum Gasteiger partial charge on any atom is -0.489 e. The summed E-state index contributed by atoms with van der Waals surface area (Å²) in [5, 5.41) is 9.04. The molecule has 2 N–H and O–H groups in total. The van der Waals surface area contributed by atoms with Crippen LogP contribution < -0.4 is 15.4 Å². The van der Waals surface area contributed by atoms with Crippen molar-refractivity contribution in [3.05, 3.63) is 82.2 Å². The lowest BCUT2D eigenvalue weighted by atomic mass is 10.1. The maximum atomic E-state index is 12.8. The van der Waals surface area contributed by atoms with Gasteiger partial charge >= 0.3 is 6.09 Å². The van der Waals surface area contributed by atoms with Gasteiger partial charge in [-0.15, -0.1) is 0 Å². The standard InChI is InChI=1S/C28H37N5O4/c1-28(2,3)37-27(35)32-25(26(34)30-18-8-5-9-19-31-33-29)17-11-15-22-14-10-16-24(20-22)36-21-23-12-6-4-7-13-23/h4,6-7,10-16,20,25H,5,8-9,17-19,21H2,1-3H3,(H,30,34)(H,32,35)/b15-11+/t25-/m0/s1. The fraction of sp³-hybridized carbons (Fsp3) is 0.429. The Bertz CT molecular complexity index is 1060. The summed E-state index contributed by atoms with van der Waals surface area (Å²) in [6.45, 7) is 6.69. The molecule has 0 saturated carbocycles. The second-order valence-electron chi connectivity index (χ2n) is 9.49. The summed E-state index contributed by atoms with van der Waals surface area (Å²) in [5.74, 6) is 0.457. The van der Waals surface area contributed by atoms with Crippen molar-refractivity contribution in [1.82, 2.24) is 10.6 Å². The van der Waals surface area contributed by atoms with Crippen LogP contribution >= 0.6 is 0 Å². The fourth-order valence-electron chi connectivity index (χ4n) is 3.33. The second-order valence-corrected chi connectivity index (χ2v) is 9.49. The van der Waals surface area contributed by atoms with Crippen molar-refractivity contribution in [2.75, 3.05) is 13.1 Å². The van der Waals surface area contributed by atoms with E-state index in [4.69, 9.17) is 15.0 Å². The Hall–Kier alpha value is -3.97. The molecular weight excluding hydrogens is 470 g/mol. The normalized spacial score (nSPS) is 11.9. The van der Waals surface area contributed by atoms with Crippen LogP contribution in [0.1, 0.15) is 57.6 Å². The molecule has 0 aliphatic heterocycles. The molecule has 9 heteroatoms. The molecule has 2 aromatic carbocycles. The molecule has 0 spiro atoms. The average molecular weight is 508 g/mol. The Labute approximate surface area is 218 Å². The van der Waals surface area contributed by atoms with E-state index in [1.807, 2.05) is 66.7 Å². The number of rotatable bonds is 14. The fourth-order valence-corrected chi connectivity index (χ4v) is 3.33. The predicted octanol–water partition coefficient (Wildman–Crippen LogP) is 6.16. The molecule has 0 aromatic heterocycles. The van der Waals surface area contributed by atoms with Gasteiger partial charge in [-0.05, 0) is 68.8 Å². The topological polar surface area (TPSA) is 125 Å². The van der Waals surface area contributed by atoms with Crippen LogP contribution in [-0.4, -0.2) is 36.7 Å². The maximum Gasteiger partial charge on any atom is 0.408 e. The number of amides is 2. The number of carbonyl (C=O) groups excluding carboxylic acids is 2. The van der Waals surface area contributed by atoms with E-state index in [-0.39, 0.29) is 12.3 Å². The van der Waals surface area contributed by atoms with Crippen LogP contribution in [0.25, 0.3) is 16.5 Å². The number of hydrogen-bond donors (Lipinski definition) is 2. The number of alkyl carbamates (subject to hydrolysis) is 1. The third kappa shape index (κ3) is 13.1. The number of azide groups is 1.